The fraction of sp³-hybridized carbons (Fsp3) is 0.250. The van der Waals surface area contributed by atoms with Crippen molar-refractivity contribution in [1.29, 1.82) is 0 Å². The molecule has 2 amide bonds. The molecule has 1 N–H and O–H groups in total. The highest BCUT2D eigenvalue weighted by Gasteiger charge is 2.38. The van der Waals surface area contributed by atoms with Gasteiger partial charge in [-0.15, -0.1) is 6.58 Å². The van der Waals surface area contributed by atoms with Crippen molar-refractivity contribution in [1.82, 2.24) is 4.90 Å². The van der Waals surface area contributed by atoms with Crippen LogP contribution in [0.3, 0.4) is 0 Å². The minimum atomic E-state index is -0.361. The van der Waals surface area contributed by atoms with Crippen LogP contribution in [-0.4, -0.2) is 30.4 Å². The van der Waals surface area contributed by atoms with Gasteiger partial charge in [0.15, 0.2) is 0 Å². The first kappa shape index (κ1) is 20.4. The van der Waals surface area contributed by atoms with Gasteiger partial charge in [0.25, 0.3) is 11.8 Å². The second kappa shape index (κ2) is 7.95. The third kappa shape index (κ3) is 4.09. The second-order valence-corrected chi connectivity index (χ2v) is 7.94. The van der Waals surface area contributed by atoms with Gasteiger partial charge in [-0.25, -0.2) is 0 Å². The molecule has 29 heavy (non-hydrogen) atoms. The van der Waals surface area contributed by atoms with Crippen LogP contribution >= 0.6 is 0 Å². The van der Waals surface area contributed by atoms with Crippen molar-refractivity contribution in [3.8, 4) is 5.75 Å². The fourth-order valence-corrected chi connectivity index (χ4v) is 3.21. The van der Waals surface area contributed by atoms with Crippen molar-refractivity contribution in [3.63, 3.8) is 0 Å². The normalized spacial score (nSPS) is 14.4. The van der Waals surface area contributed by atoms with Gasteiger partial charge in [-0.05, 0) is 40.8 Å². The molecule has 1 heterocycles. The van der Waals surface area contributed by atoms with E-state index in [9.17, 15) is 9.59 Å². The molecule has 2 aromatic carbocycles. The molecule has 3 rings (SSSR count). The third-order valence-electron chi connectivity index (χ3n) is 4.88. The Hall–Kier alpha value is -3.34. The van der Waals surface area contributed by atoms with Crippen LogP contribution < -0.4 is 10.1 Å². The van der Waals surface area contributed by atoms with Gasteiger partial charge in [0.1, 0.15) is 11.4 Å². The lowest BCUT2D eigenvalue weighted by molar-refractivity contribution is -0.136. The Morgan fingerprint density at radius 1 is 1.00 bits per heavy atom. The number of imide groups is 1. The molecule has 5 heteroatoms. The van der Waals surface area contributed by atoms with Crippen molar-refractivity contribution >= 4 is 23.1 Å². The highest BCUT2D eigenvalue weighted by atomic mass is 16.5. The molecule has 5 nitrogen and oxygen atoms in total. The van der Waals surface area contributed by atoms with Gasteiger partial charge in [-0.3, -0.25) is 14.5 Å². The number of carbonyl (C=O) groups excluding carboxylic acids is 2. The number of carbonyl (C=O) groups is 2. The lowest BCUT2D eigenvalue weighted by atomic mass is 9.87. The summed E-state index contributed by atoms with van der Waals surface area (Å²) in [6.45, 7) is 10.2. The largest absolute Gasteiger partial charge is 0.497 e. The van der Waals surface area contributed by atoms with E-state index >= 15 is 0 Å². The summed E-state index contributed by atoms with van der Waals surface area (Å²) < 4.78 is 5.19. The number of rotatable bonds is 6. The number of benzene rings is 2. The van der Waals surface area contributed by atoms with Crippen molar-refractivity contribution in [2.24, 2.45) is 0 Å². The smallest absolute Gasteiger partial charge is 0.278 e. The molecular formula is C24H26N2O3. The van der Waals surface area contributed by atoms with Crippen LogP contribution in [0.15, 0.2) is 66.9 Å². The van der Waals surface area contributed by atoms with E-state index < -0.39 is 0 Å². The summed E-state index contributed by atoms with van der Waals surface area (Å²) in [6.07, 6.45) is 1.54. The standard InChI is InChI=1S/C24H26N2O3/c1-6-15-26-22(27)20(16-7-13-19(29-5)14-8-16)21(23(26)28)25-18-11-9-17(10-12-18)24(2,3)4/h6-14,25H,1,15H2,2-5H3. The van der Waals surface area contributed by atoms with Gasteiger partial charge in [0.05, 0.1) is 12.7 Å². The maximum Gasteiger partial charge on any atom is 0.278 e. The average molecular weight is 390 g/mol. The Morgan fingerprint density at radius 3 is 2.14 bits per heavy atom. The molecule has 0 atom stereocenters. The minimum absolute atomic E-state index is 0.0337. The van der Waals surface area contributed by atoms with E-state index in [1.165, 1.54) is 10.5 Å². The summed E-state index contributed by atoms with van der Waals surface area (Å²) >= 11 is 0. The van der Waals surface area contributed by atoms with E-state index in [1.54, 1.807) is 37.5 Å². The summed E-state index contributed by atoms with van der Waals surface area (Å²) in [4.78, 5) is 27.1. The number of amides is 2. The van der Waals surface area contributed by atoms with E-state index in [2.05, 4.69) is 32.7 Å². The molecule has 1 aliphatic heterocycles. The van der Waals surface area contributed by atoms with E-state index in [0.717, 1.165) is 5.69 Å². The summed E-state index contributed by atoms with van der Waals surface area (Å²) in [6, 6.07) is 15.0. The van der Waals surface area contributed by atoms with Crippen molar-refractivity contribution in [3.05, 3.63) is 78.0 Å². The molecule has 150 valence electrons. The van der Waals surface area contributed by atoms with Gasteiger partial charge in [-0.1, -0.05) is 51.1 Å². The minimum Gasteiger partial charge on any atom is -0.497 e. The second-order valence-electron chi connectivity index (χ2n) is 7.94. The van der Waals surface area contributed by atoms with Crippen LogP contribution in [0.2, 0.25) is 0 Å². The summed E-state index contributed by atoms with van der Waals surface area (Å²) in [5, 5.41) is 3.17. The third-order valence-corrected chi connectivity index (χ3v) is 4.88. The molecule has 1 aliphatic rings. The van der Waals surface area contributed by atoms with Crippen LogP contribution in [0.1, 0.15) is 31.9 Å². The van der Waals surface area contributed by atoms with Crippen LogP contribution in [0.25, 0.3) is 5.57 Å². The fourth-order valence-electron chi connectivity index (χ4n) is 3.21. The maximum atomic E-state index is 13.0. The monoisotopic (exact) mass is 390 g/mol. The molecule has 0 fully saturated rings. The van der Waals surface area contributed by atoms with E-state index in [0.29, 0.717) is 16.9 Å². The molecule has 2 aromatic rings. The van der Waals surface area contributed by atoms with Gasteiger partial charge < -0.3 is 10.1 Å². The zero-order chi connectivity index (χ0) is 21.2. The SMILES string of the molecule is C=CCN1C(=O)C(Nc2ccc(C(C)(C)C)cc2)=C(c2ccc(OC)cc2)C1=O. The Balaban J connectivity index is 2.01. The molecule has 0 saturated heterocycles. The molecule has 0 aromatic heterocycles. The van der Waals surface area contributed by atoms with Gasteiger partial charge in [0.2, 0.25) is 0 Å². The van der Waals surface area contributed by atoms with E-state index in [-0.39, 0.29) is 29.5 Å². The quantitative estimate of drug-likeness (QED) is 0.588. The topological polar surface area (TPSA) is 58.6 Å². The Kier molecular flexibility index (Phi) is 5.59. The first-order valence-corrected chi connectivity index (χ1v) is 9.49. The van der Waals surface area contributed by atoms with Crippen LogP contribution in [0.4, 0.5) is 5.69 Å². The van der Waals surface area contributed by atoms with Crippen LogP contribution in [0.5, 0.6) is 5.75 Å². The predicted octanol–water partition coefficient (Wildman–Crippen LogP) is 4.37. The zero-order valence-electron chi connectivity index (χ0n) is 17.3. The highest BCUT2D eigenvalue weighted by Crippen LogP contribution is 2.32. The van der Waals surface area contributed by atoms with E-state index in [4.69, 9.17) is 4.74 Å². The van der Waals surface area contributed by atoms with Crippen LogP contribution in [-0.2, 0) is 15.0 Å². The summed E-state index contributed by atoms with van der Waals surface area (Å²) in [5.41, 5.74) is 3.25. The predicted molar refractivity (Wildman–Crippen MR) is 116 cm³/mol. The number of anilines is 1. The number of ether oxygens (including phenoxy) is 1. The molecule has 0 radical (unpaired) electrons. The number of hydrogen-bond acceptors (Lipinski definition) is 4. The van der Waals surface area contributed by atoms with Gasteiger partial charge in [0, 0.05) is 12.2 Å². The first-order valence-electron chi connectivity index (χ1n) is 9.49. The van der Waals surface area contributed by atoms with Crippen molar-refractivity contribution in [2.75, 3.05) is 19.0 Å². The van der Waals surface area contributed by atoms with Crippen molar-refractivity contribution < 1.29 is 14.3 Å². The molecular weight excluding hydrogens is 364 g/mol. The Labute approximate surface area is 171 Å². The summed E-state index contributed by atoms with van der Waals surface area (Å²) in [5.74, 6) is -0.0177. The lowest BCUT2D eigenvalue weighted by Crippen LogP contribution is -2.32. The lowest BCUT2D eigenvalue weighted by Gasteiger charge is -2.19. The van der Waals surface area contributed by atoms with Crippen molar-refractivity contribution in [2.45, 2.75) is 26.2 Å². The number of methoxy groups -OCH3 is 1. The Bertz CT molecular complexity index is 965. The summed E-state index contributed by atoms with van der Waals surface area (Å²) in [7, 11) is 1.58. The van der Waals surface area contributed by atoms with Crippen LogP contribution in [0, 0.1) is 0 Å². The average Bonchev–Trinajstić information content (AvgIpc) is 2.92. The van der Waals surface area contributed by atoms with Gasteiger partial charge in [-0.2, -0.15) is 0 Å². The number of nitrogens with one attached hydrogen (secondary N) is 1. The highest BCUT2D eigenvalue weighted by molar-refractivity contribution is 6.36. The van der Waals surface area contributed by atoms with E-state index in [1.807, 2.05) is 24.3 Å². The molecule has 0 spiro atoms. The zero-order valence-corrected chi connectivity index (χ0v) is 17.3. The molecule has 0 bridgehead atoms. The molecule has 0 saturated carbocycles. The maximum absolute atomic E-state index is 13.0. The number of hydrogen-bond donors (Lipinski definition) is 1. The Morgan fingerprint density at radius 2 is 1.62 bits per heavy atom. The number of nitrogens with zero attached hydrogens (tertiary/aromatic N) is 1. The molecule has 0 aliphatic carbocycles. The molecule has 0 unspecified atom stereocenters. The first-order chi connectivity index (χ1) is 13.8. The van der Waals surface area contributed by atoms with Gasteiger partial charge >= 0.3 is 0 Å².